The molecule has 0 saturated heterocycles. The largest absolute Gasteiger partial charge is 0.0736 e. The predicted octanol–water partition coefficient (Wildman–Crippen LogP) is 3.92. The van der Waals surface area contributed by atoms with Gasteiger partial charge in [0.1, 0.15) is 0 Å². The highest BCUT2D eigenvalue weighted by Crippen LogP contribution is 2.62. The van der Waals surface area contributed by atoms with E-state index in [-0.39, 0.29) is 0 Å². The van der Waals surface area contributed by atoms with E-state index < -0.39 is 0 Å². The predicted molar refractivity (Wildman–Crippen MR) is 53.1 cm³/mol. The van der Waals surface area contributed by atoms with E-state index in [0.29, 0.717) is 10.8 Å². The molecule has 0 aromatic heterocycles. The number of allylic oxidation sites excluding steroid dienone is 2. The summed E-state index contributed by atoms with van der Waals surface area (Å²) in [6.45, 7) is 7.17. The van der Waals surface area contributed by atoms with Gasteiger partial charge in [0, 0.05) is 5.41 Å². The van der Waals surface area contributed by atoms with Crippen molar-refractivity contribution in [2.24, 2.45) is 10.8 Å². The minimum Gasteiger partial charge on any atom is -0.0736 e. The maximum Gasteiger partial charge on any atom is 0.0142 e. The van der Waals surface area contributed by atoms with Gasteiger partial charge in [-0.05, 0) is 24.7 Å². The summed E-state index contributed by atoms with van der Waals surface area (Å²) >= 11 is 0. The molecular weight excluding hydrogens is 144 g/mol. The van der Waals surface area contributed by atoms with Gasteiger partial charge in [-0.2, -0.15) is 0 Å². The minimum absolute atomic E-state index is 0.479. The van der Waals surface area contributed by atoms with E-state index in [1.807, 2.05) is 0 Å². The molecule has 0 spiro atoms. The van der Waals surface area contributed by atoms with Crippen molar-refractivity contribution in [2.75, 3.05) is 0 Å². The molecule has 0 heterocycles. The zero-order chi connectivity index (χ0) is 8.82. The standard InChI is InChI=1S/C12H20/c1-11(2,3)12-8-6-4-5-7-10(12)9-12/h9H,4-8H2,1-3H3. The molecule has 0 aromatic rings. The van der Waals surface area contributed by atoms with Crippen LogP contribution in [-0.2, 0) is 0 Å². The molecule has 68 valence electrons. The van der Waals surface area contributed by atoms with Gasteiger partial charge in [-0.1, -0.05) is 45.3 Å². The van der Waals surface area contributed by atoms with Crippen LogP contribution in [0.25, 0.3) is 0 Å². The van der Waals surface area contributed by atoms with E-state index in [1.54, 1.807) is 5.57 Å². The minimum atomic E-state index is 0.479. The zero-order valence-electron chi connectivity index (χ0n) is 8.61. The van der Waals surface area contributed by atoms with Crippen LogP contribution < -0.4 is 0 Å². The van der Waals surface area contributed by atoms with Gasteiger partial charge in [0.15, 0.2) is 0 Å². The van der Waals surface area contributed by atoms with E-state index in [0.717, 1.165) is 0 Å². The van der Waals surface area contributed by atoms with Crippen LogP contribution in [0.15, 0.2) is 11.6 Å². The molecule has 0 radical (unpaired) electrons. The highest BCUT2D eigenvalue weighted by atomic mass is 14.6. The topological polar surface area (TPSA) is 0 Å². The molecule has 0 amide bonds. The maximum absolute atomic E-state index is 2.55. The normalized spacial score (nSPS) is 35.1. The molecule has 2 aliphatic carbocycles. The first-order valence-electron chi connectivity index (χ1n) is 5.28. The van der Waals surface area contributed by atoms with E-state index in [2.05, 4.69) is 26.8 Å². The quantitative estimate of drug-likeness (QED) is 0.476. The lowest BCUT2D eigenvalue weighted by molar-refractivity contribution is 0.220. The Labute approximate surface area is 76.1 Å². The van der Waals surface area contributed by atoms with E-state index in [4.69, 9.17) is 0 Å². The van der Waals surface area contributed by atoms with Crippen molar-refractivity contribution in [1.29, 1.82) is 0 Å². The van der Waals surface area contributed by atoms with Gasteiger partial charge in [-0.25, -0.2) is 0 Å². The average molecular weight is 164 g/mol. The fraction of sp³-hybridized carbons (Fsp3) is 0.833. The van der Waals surface area contributed by atoms with Gasteiger partial charge < -0.3 is 0 Å². The molecule has 0 aromatic carbocycles. The third-order valence-electron chi connectivity index (χ3n) is 3.77. The first-order chi connectivity index (χ1) is 5.56. The first-order valence-corrected chi connectivity index (χ1v) is 5.28. The van der Waals surface area contributed by atoms with Crippen molar-refractivity contribution in [3.05, 3.63) is 11.6 Å². The number of fused-ring (bicyclic) bond motifs is 1. The highest BCUT2D eigenvalue weighted by Gasteiger charge is 2.51. The van der Waals surface area contributed by atoms with E-state index in [9.17, 15) is 0 Å². The first kappa shape index (κ1) is 8.34. The highest BCUT2D eigenvalue weighted by molar-refractivity contribution is 5.42. The van der Waals surface area contributed by atoms with Crippen molar-refractivity contribution in [2.45, 2.75) is 52.9 Å². The van der Waals surface area contributed by atoms with Crippen molar-refractivity contribution < 1.29 is 0 Å². The van der Waals surface area contributed by atoms with Crippen LogP contribution in [0.3, 0.4) is 0 Å². The monoisotopic (exact) mass is 164 g/mol. The van der Waals surface area contributed by atoms with Crippen molar-refractivity contribution in [3.8, 4) is 0 Å². The van der Waals surface area contributed by atoms with Crippen molar-refractivity contribution in [3.63, 3.8) is 0 Å². The molecule has 0 N–H and O–H groups in total. The average Bonchev–Trinajstić information content (AvgIpc) is 2.55. The third-order valence-corrected chi connectivity index (χ3v) is 3.77. The molecule has 2 aliphatic rings. The smallest absolute Gasteiger partial charge is 0.0142 e. The summed E-state index contributed by atoms with van der Waals surface area (Å²) in [4.78, 5) is 0. The maximum atomic E-state index is 2.55. The summed E-state index contributed by atoms with van der Waals surface area (Å²) in [6.07, 6.45) is 9.69. The van der Waals surface area contributed by atoms with Gasteiger partial charge in [-0.15, -0.1) is 0 Å². The fourth-order valence-corrected chi connectivity index (χ4v) is 2.76. The second-order valence-electron chi connectivity index (χ2n) is 5.45. The lowest BCUT2D eigenvalue weighted by Crippen LogP contribution is -2.24. The second kappa shape index (κ2) is 2.37. The molecule has 1 unspecified atom stereocenters. The summed E-state index contributed by atoms with van der Waals surface area (Å²) in [5, 5.41) is 0. The van der Waals surface area contributed by atoms with Gasteiger partial charge in [-0.3, -0.25) is 0 Å². The zero-order valence-corrected chi connectivity index (χ0v) is 8.61. The second-order valence-corrected chi connectivity index (χ2v) is 5.45. The van der Waals surface area contributed by atoms with E-state index >= 15 is 0 Å². The van der Waals surface area contributed by atoms with Gasteiger partial charge in [0.2, 0.25) is 0 Å². The van der Waals surface area contributed by atoms with Crippen LogP contribution >= 0.6 is 0 Å². The van der Waals surface area contributed by atoms with Gasteiger partial charge >= 0.3 is 0 Å². The number of hydrogen-bond donors (Lipinski definition) is 0. The van der Waals surface area contributed by atoms with E-state index in [1.165, 1.54) is 32.1 Å². The summed E-state index contributed by atoms with van der Waals surface area (Å²) in [5.41, 5.74) is 2.81. The Morgan fingerprint density at radius 1 is 1.17 bits per heavy atom. The molecule has 1 atom stereocenters. The SMILES string of the molecule is CC(C)(C)C12C=C1CCCCC2. The Morgan fingerprint density at radius 2 is 1.92 bits per heavy atom. The molecule has 12 heavy (non-hydrogen) atoms. The summed E-state index contributed by atoms with van der Waals surface area (Å²) in [6, 6.07) is 0. The fourth-order valence-electron chi connectivity index (χ4n) is 2.76. The summed E-state index contributed by atoms with van der Waals surface area (Å²) in [7, 11) is 0. The Kier molecular flexibility index (Phi) is 1.65. The van der Waals surface area contributed by atoms with Crippen molar-refractivity contribution in [1.82, 2.24) is 0 Å². The van der Waals surface area contributed by atoms with Crippen LogP contribution in [0.5, 0.6) is 0 Å². The van der Waals surface area contributed by atoms with Crippen LogP contribution in [0.1, 0.15) is 52.9 Å². The van der Waals surface area contributed by atoms with Gasteiger partial charge in [0.25, 0.3) is 0 Å². The Morgan fingerprint density at radius 3 is 2.58 bits per heavy atom. The molecule has 0 nitrogen and oxygen atoms in total. The molecule has 1 saturated carbocycles. The summed E-state index contributed by atoms with van der Waals surface area (Å²) < 4.78 is 0. The summed E-state index contributed by atoms with van der Waals surface area (Å²) in [5.74, 6) is 0. The van der Waals surface area contributed by atoms with Crippen LogP contribution in [-0.4, -0.2) is 0 Å². The van der Waals surface area contributed by atoms with Crippen LogP contribution in [0.2, 0.25) is 0 Å². The molecule has 2 rings (SSSR count). The Balaban J connectivity index is 2.15. The van der Waals surface area contributed by atoms with Crippen LogP contribution in [0.4, 0.5) is 0 Å². The Bertz CT molecular complexity index is 217. The molecular formula is C12H20. The number of hydrogen-bond acceptors (Lipinski definition) is 0. The molecule has 0 heteroatoms. The molecule has 0 bridgehead atoms. The lowest BCUT2D eigenvalue weighted by atomic mass is 9.71. The third kappa shape index (κ3) is 1.04. The molecule has 1 fully saturated rings. The molecule has 0 aliphatic heterocycles. The van der Waals surface area contributed by atoms with Crippen molar-refractivity contribution >= 4 is 0 Å². The Hall–Kier alpha value is -0.260. The van der Waals surface area contributed by atoms with Crippen LogP contribution in [0, 0.1) is 10.8 Å². The van der Waals surface area contributed by atoms with Gasteiger partial charge in [0.05, 0.1) is 0 Å². The number of rotatable bonds is 0. The lowest BCUT2D eigenvalue weighted by Gasteiger charge is -2.32.